The maximum atomic E-state index is 12.9. The molecular formula is C12H10F5NO6S. The monoisotopic (exact) mass is 391 g/mol. The molecule has 0 aromatic carbocycles. The molecule has 0 spiro atoms. The van der Waals surface area contributed by atoms with Crippen LogP contribution in [-0.2, 0) is 27.2 Å². The summed E-state index contributed by atoms with van der Waals surface area (Å²) in [5, 5.41) is 9.04. The van der Waals surface area contributed by atoms with Gasteiger partial charge < -0.3 is 9.84 Å². The summed E-state index contributed by atoms with van der Waals surface area (Å²) in [6.45, 7) is -3.62. The fraction of sp³-hybridized carbons (Fsp3) is 0.417. The summed E-state index contributed by atoms with van der Waals surface area (Å²) in [4.78, 5) is 25.6. The molecule has 1 rings (SSSR count). The predicted molar refractivity (Wildman–Crippen MR) is 71.0 cm³/mol. The normalized spacial score (nSPS) is 12.3. The van der Waals surface area contributed by atoms with Crippen LogP contribution < -0.4 is 0 Å². The number of pyridine rings is 1. The van der Waals surface area contributed by atoms with Crippen LogP contribution in [0.5, 0.6) is 0 Å². The van der Waals surface area contributed by atoms with E-state index in [4.69, 9.17) is 5.11 Å². The molecule has 0 radical (unpaired) electrons. The number of carbonyl (C=O) groups is 2. The van der Waals surface area contributed by atoms with E-state index in [1.165, 1.54) is 0 Å². The van der Waals surface area contributed by atoms with Crippen LogP contribution in [0.1, 0.15) is 32.0 Å². The third kappa shape index (κ3) is 5.62. The Balaban J connectivity index is 3.65. The van der Waals surface area contributed by atoms with E-state index >= 15 is 0 Å². The predicted octanol–water partition coefficient (Wildman–Crippen LogP) is 1.77. The van der Waals surface area contributed by atoms with E-state index in [0.717, 1.165) is 6.26 Å². The summed E-state index contributed by atoms with van der Waals surface area (Å²) in [6, 6.07) is 0. The summed E-state index contributed by atoms with van der Waals surface area (Å²) in [6.07, 6.45) is -5.15. The summed E-state index contributed by atoms with van der Waals surface area (Å²) < 4.78 is 89.0. The highest BCUT2D eigenvalue weighted by Gasteiger charge is 2.40. The van der Waals surface area contributed by atoms with Crippen LogP contribution in [0.2, 0.25) is 0 Å². The molecule has 0 bridgehead atoms. The van der Waals surface area contributed by atoms with E-state index in [2.05, 4.69) is 9.72 Å². The molecule has 0 aliphatic carbocycles. The second-order valence-corrected chi connectivity index (χ2v) is 6.98. The molecule has 0 aliphatic heterocycles. The molecule has 1 N–H and O–H groups in total. The lowest BCUT2D eigenvalue weighted by molar-refractivity contribution is -0.141. The highest BCUT2D eigenvalue weighted by atomic mass is 32.2. The number of alkyl halides is 5. The van der Waals surface area contributed by atoms with Gasteiger partial charge in [0.1, 0.15) is 9.84 Å². The molecule has 0 aliphatic rings. The van der Waals surface area contributed by atoms with Gasteiger partial charge in [-0.3, -0.25) is 4.98 Å². The van der Waals surface area contributed by atoms with Crippen LogP contribution >= 0.6 is 0 Å². The Labute approximate surface area is 137 Å². The number of carbonyl (C=O) groups excluding carboxylic acids is 1. The van der Waals surface area contributed by atoms with Crippen LogP contribution in [0.25, 0.3) is 0 Å². The molecule has 13 heteroatoms. The molecule has 0 atom stereocenters. The zero-order chi connectivity index (χ0) is 19.6. The first-order valence-electron chi connectivity index (χ1n) is 6.23. The largest absolute Gasteiger partial charge is 0.478 e. The fourth-order valence-corrected chi connectivity index (χ4v) is 2.44. The number of ether oxygens (including phenoxy) is 1. The van der Waals surface area contributed by atoms with Gasteiger partial charge in [0, 0.05) is 12.5 Å². The van der Waals surface area contributed by atoms with Crippen LogP contribution in [0.4, 0.5) is 22.0 Å². The number of aromatic nitrogens is 1. The minimum atomic E-state index is -5.24. The van der Waals surface area contributed by atoms with Crippen molar-refractivity contribution in [3.05, 3.63) is 28.6 Å². The maximum Gasteiger partial charge on any atom is 0.434 e. The number of nitrogens with zero attached hydrogens (tertiary/aromatic N) is 1. The first kappa shape index (κ1) is 20.7. The van der Waals surface area contributed by atoms with Crippen LogP contribution in [-0.4, -0.2) is 49.1 Å². The SMILES string of the molecule is CS(=O)(=O)CCc1c(C(=O)OC(F)F)cnc(C(F)(F)F)c1C(=O)O. The molecule has 0 fully saturated rings. The quantitative estimate of drug-likeness (QED) is 0.581. The van der Waals surface area contributed by atoms with E-state index in [0.29, 0.717) is 0 Å². The van der Waals surface area contributed by atoms with Crippen molar-refractivity contribution in [2.45, 2.75) is 19.2 Å². The third-order valence-electron chi connectivity index (χ3n) is 2.81. The number of carboxylic acids is 1. The lowest BCUT2D eigenvalue weighted by atomic mass is 9.98. The summed E-state index contributed by atoms with van der Waals surface area (Å²) >= 11 is 0. The van der Waals surface area contributed by atoms with Gasteiger partial charge in [-0.15, -0.1) is 0 Å². The molecule has 1 aromatic heterocycles. The molecule has 1 heterocycles. The van der Waals surface area contributed by atoms with Crippen molar-refractivity contribution in [2.24, 2.45) is 0 Å². The third-order valence-corrected chi connectivity index (χ3v) is 3.75. The van der Waals surface area contributed by atoms with Gasteiger partial charge in [-0.25, -0.2) is 18.0 Å². The second-order valence-electron chi connectivity index (χ2n) is 4.72. The molecule has 0 amide bonds. The molecule has 0 saturated heterocycles. The first-order chi connectivity index (χ1) is 11.2. The Morgan fingerprint density at radius 1 is 1.32 bits per heavy atom. The van der Waals surface area contributed by atoms with Crippen LogP contribution in [0.3, 0.4) is 0 Å². The van der Waals surface area contributed by atoms with Gasteiger partial charge in [0.15, 0.2) is 5.69 Å². The van der Waals surface area contributed by atoms with Gasteiger partial charge in [-0.05, 0) is 12.0 Å². The Hall–Kier alpha value is -2.31. The van der Waals surface area contributed by atoms with E-state index < -0.39 is 69.1 Å². The number of halogens is 5. The number of hydrogen-bond donors (Lipinski definition) is 1. The summed E-state index contributed by atoms with van der Waals surface area (Å²) in [5.74, 6) is -4.82. The zero-order valence-electron chi connectivity index (χ0n) is 12.3. The van der Waals surface area contributed by atoms with Crippen molar-refractivity contribution in [1.29, 1.82) is 0 Å². The minimum absolute atomic E-state index is 0.220. The summed E-state index contributed by atoms with van der Waals surface area (Å²) in [5.41, 5.74) is -5.29. The number of rotatable bonds is 6. The zero-order valence-corrected chi connectivity index (χ0v) is 13.1. The summed E-state index contributed by atoms with van der Waals surface area (Å²) in [7, 11) is -3.77. The number of esters is 1. The van der Waals surface area contributed by atoms with Gasteiger partial charge >= 0.3 is 24.7 Å². The lowest BCUT2D eigenvalue weighted by Gasteiger charge is -2.16. The number of aromatic carboxylic acids is 1. The first-order valence-corrected chi connectivity index (χ1v) is 8.29. The minimum Gasteiger partial charge on any atom is -0.478 e. The number of carboxylic acid groups (broad SMARTS) is 1. The van der Waals surface area contributed by atoms with Crippen molar-refractivity contribution in [3.63, 3.8) is 0 Å². The number of hydrogen-bond acceptors (Lipinski definition) is 6. The lowest BCUT2D eigenvalue weighted by Crippen LogP contribution is -2.23. The van der Waals surface area contributed by atoms with Gasteiger partial charge in [-0.1, -0.05) is 0 Å². The topological polar surface area (TPSA) is 111 Å². The average molecular weight is 391 g/mol. The second kappa shape index (κ2) is 7.29. The highest BCUT2D eigenvalue weighted by Crippen LogP contribution is 2.33. The molecule has 0 saturated carbocycles. The Bertz CT molecular complexity index is 790. The average Bonchev–Trinajstić information content (AvgIpc) is 2.41. The van der Waals surface area contributed by atoms with Crippen molar-refractivity contribution < 1.29 is 49.8 Å². The molecule has 25 heavy (non-hydrogen) atoms. The maximum absolute atomic E-state index is 12.9. The Morgan fingerprint density at radius 3 is 2.28 bits per heavy atom. The number of sulfone groups is 1. The molecule has 7 nitrogen and oxygen atoms in total. The van der Waals surface area contributed by atoms with E-state index in [1.54, 1.807) is 0 Å². The van der Waals surface area contributed by atoms with E-state index in [9.17, 15) is 40.0 Å². The van der Waals surface area contributed by atoms with Crippen molar-refractivity contribution >= 4 is 21.8 Å². The molecule has 0 unspecified atom stereocenters. The Kier molecular flexibility index (Phi) is 6.05. The van der Waals surface area contributed by atoms with E-state index in [-0.39, 0.29) is 6.20 Å². The van der Waals surface area contributed by atoms with Gasteiger partial charge in [-0.2, -0.15) is 22.0 Å². The van der Waals surface area contributed by atoms with Crippen molar-refractivity contribution in [2.75, 3.05) is 12.0 Å². The molecular weight excluding hydrogens is 381 g/mol. The van der Waals surface area contributed by atoms with Crippen LogP contribution in [0.15, 0.2) is 6.20 Å². The smallest absolute Gasteiger partial charge is 0.434 e. The van der Waals surface area contributed by atoms with Gasteiger partial charge in [0.05, 0.1) is 16.9 Å². The Morgan fingerprint density at radius 2 is 1.88 bits per heavy atom. The van der Waals surface area contributed by atoms with Crippen molar-refractivity contribution in [1.82, 2.24) is 4.98 Å². The van der Waals surface area contributed by atoms with Crippen LogP contribution in [0, 0.1) is 0 Å². The standard InChI is InChI=1S/C12H10F5NO6S/c1-25(22,23)3-2-5-6(10(21)24-11(13)14)4-18-8(12(15,16)17)7(5)9(19)20/h4,11H,2-3H2,1H3,(H,19,20). The van der Waals surface area contributed by atoms with Gasteiger partial charge in [0.25, 0.3) is 0 Å². The highest BCUT2D eigenvalue weighted by molar-refractivity contribution is 7.90. The van der Waals surface area contributed by atoms with E-state index in [1.807, 2.05) is 0 Å². The molecule has 1 aromatic rings. The van der Waals surface area contributed by atoms with Crippen molar-refractivity contribution in [3.8, 4) is 0 Å². The fourth-order valence-electron chi connectivity index (χ4n) is 1.86. The van der Waals surface area contributed by atoms with Gasteiger partial charge in [0.2, 0.25) is 0 Å². The molecule has 140 valence electrons.